The summed E-state index contributed by atoms with van der Waals surface area (Å²) in [5.41, 5.74) is 3.35. The molecule has 0 aliphatic carbocycles. The lowest BCUT2D eigenvalue weighted by Gasteiger charge is -2.31. The highest BCUT2D eigenvalue weighted by molar-refractivity contribution is 5.73. The minimum absolute atomic E-state index is 0.190. The zero-order valence-electron chi connectivity index (χ0n) is 13.2. The lowest BCUT2D eigenvalue weighted by molar-refractivity contribution is -0.130. The molecule has 0 atom stereocenters. The molecule has 0 spiro atoms. The monoisotopic (exact) mass is 298 g/mol. The summed E-state index contributed by atoms with van der Waals surface area (Å²) in [4.78, 5) is 17.9. The first-order valence-corrected chi connectivity index (χ1v) is 7.83. The van der Waals surface area contributed by atoms with E-state index in [0.717, 1.165) is 43.7 Å². The topological polar surface area (TPSA) is 51.0 Å². The second-order valence-corrected chi connectivity index (χ2v) is 6.00. The molecule has 116 valence electrons. The molecule has 22 heavy (non-hydrogen) atoms. The number of amides is 1. The maximum atomic E-state index is 11.4. The number of aryl methyl sites for hydroxylation is 1. The maximum absolute atomic E-state index is 11.4. The van der Waals surface area contributed by atoms with Crippen molar-refractivity contribution in [2.45, 2.75) is 26.2 Å². The number of pyridine rings is 1. The molecule has 0 bridgehead atoms. The van der Waals surface area contributed by atoms with Gasteiger partial charge in [-0.2, -0.15) is 5.10 Å². The first kappa shape index (κ1) is 14.8. The minimum atomic E-state index is 0.190. The van der Waals surface area contributed by atoms with Gasteiger partial charge in [-0.3, -0.25) is 14.5 Å². The summed E-state index contributed by atoms with van der Waals surface area (Å²) in [5, 5.41) is 4.24. The maximum Gasteiger partial charge on any atom is 0.219 e. The number of carbonyl (C=O) groups is 1. The Morgan fingerprint density at radius 3 is 2.68 bits per heavy atom. The van der Waals surface area contributed by atoms with Gasteiger partial charge >= 0.3 is 0 Å². The van der Waals surface area contributed by atoms with Crippen LogP contribution in [0.25, 0.3) is 11.4 Å². The summed E-state index contributed by atoms with van der Waals surface area (Å²) in [5.74, 6) is 0.808. The van der Waals surface area contributed by atoms with Crippen molar-refractivity contribution in [3.8, 4) is 11.4 Å². The summed E-state index contributed by atoms with van der Waals surface area (Å²) in [6.07, 6.45) is 6.79. The zero-order valence-corrected chi connectivity index (χ0v) is 13.2. The Morgan fingerprint density at radius 2 is 2.05 bits per heavy atom. The molecule has 0 N–H and O–H groups in total. The molecule has 1 fully saturated rings. The molecule has 0 radical (unpaired) electrons. The molecule has 0 unspecified atom stereocenters. The molecular formula is C17H22N4O. The van der Waals surface area contributed by atoms with Gasteiger partial charge in [0.15, 0.2) is 0 Å². The van der Waals surface area contributed by atoms with Gasteiger partial charge in [0.1, 0.15) is 0 Å². The van der Waals surface area contributed by atoms with Crippen molar-refractivity contribution in [1.82, 2.24) is 19.7 Å². The third-order valence-electron chi connectivity index (χ3n) is 4.52. The van der Waals surface area contributed by atoms with Crippen molar-refractivity contribution in [3.05, 3.63) is 36.2 Å². The van der Waals surface area contributed by atoms with E-state index in [-0.39, 0.29) is 5.91 Å². The second kappa shape index (κ2) is 6.30. The highest BCUT2D eigenvalue weighted by Gasteiger charge is 2.22. The fourth-order valence-electron chi connectivity index (χ4n) is 3.20. The Balaban J connectivity index is 1.74. The molecule has 2 aromatic rings. The number of aromatic nitrogens is 3. The first-order valence-electron chi connectivity index (χ1n) is 7.83. The molecule has 2 aromatic heterocycles. The van der Waals surface area contributed by atoms with Gasteiger partial charge in [-0.25, -0.2) is 0 Å². The lowest BCUT2D eigenvalue weighted by atomic mass is 9.89. The fraction of sp³-hybridized carbons (Fsp3) is 0.471. The summed E-state index contributed by atoms with van der Waals surface area (Å²) in [6, 6.07) is 6.16. The van der Waals surface area contributed by atoms with Crippen LogP contribution < -0.4 is 0 Å². The molecule has 0 saturated carbocycles. The Bertz CT molecular complexity index is 656. The van der Waals surface area contributed by atoms with E-state index in [1.54, 1.807) is 13.1 Å². The normalized spacial score (nSPS) is 16.0. The number of likely N-dealkylation sites (tertiary alicyclic amines) is 1. The van der Waals surface area contributed by atoms with E-state index < -0.39 is 0 Å². The Kier molecular flexibility index (Phi) is 4.22. The fourth-order valence-corrected chi connectivity index (χ4v) is 3.20. The van der Waals surface area contributed by atoms with Crippen LogP contribution in [0.15, 0.2) is 30.6 Å². The van der Waals surface area contributed by atoms with Crippen molar-refractivity contribution in [3.63, 3.8) is 0 Å². The van der Waals surface area contributed by atoms with E-state index in [1.807, 2.05) is 35.0 Å². The Labute approximate surface area is 131 Å². The average Bonchev–Trinajstić information content (AvgIpc) is 2.94. The average molecular weight is 298 g/mol. The van der Waals surface area contributed by atoms with Crippen LogP contribution in [0.3, 0.4) is 0 Å². The molecule has 1 aliphatic heterocycles. The lowest BCUT2D eigenvalue weighted by Crippen LogP contribution is -2.37. The molecular weight excluding hydrogens is 276 g/mol. The summed E-state index contributed by atoms with van der Waals surface area (Å²) < 4.78 is 1.87. The van der Waals surface area contributed by atoms with Gasteiger partial charge in [-0.05, 0) is 42.9 Å². The number of piperidine rings is 1. The van der Waals surface area contributed by atoms with Crippen LogP contribution in [0.5, 0.6) is 0 Å². The summed E-state index contributed by atoms with van der Waals surface area (Å²) >= 11 is 0. The van der Waals surface area contributed by atoms with Crippen LogP contribution in [0.2, 0.25) is 0 Å². The molecule has 3 rings (SSSR count). The van der Waals surface area contributed by atoms with E-state index in [9.17, 15) is 4.79 Å². The van der Waals surface area contributed by atoms with Crippen LogP contribution in [0, 0.1) is 5.92 Å². The number of rotatable bonds is 3. The molecule has 3 heterocycles. The van der Waals surface area contributed by atoms with Crippen molar-refractivity contribution in [2.24, 2.45) is 13.0 Å². The molecule has 5 nitrogen and oxygen atoms in total. The van der Waals surface area contributed by atoms with E-state index in [4.69, 9.17) is 0 Å². The standard InChI is InChI=1S/C17H22N4O/c1-13(22)21-10-6-14(7-11-21)12-15-4-3-8-18-17(15)16-5-9-19-20(16)2/h3-5,8-9,14H,6-7,10-12H2,1-2H3. The van der Waals surface area contributed by atoms with Gasteiger partial charge < -0.3 is 4.90 Å². The number of hydrogen-bond acceptors (Lipinski definition) is 3. The van der Waals surface area contributed by atoms with Crippen LogP contribution in [0.1, 0.15) is 25.3 Å². The molecule has 1 saturated heterocycles. The van der Waals surface area contributed by atoms with Crippen molar-refractivity contribution >= 4 is 5.91 Å². The van der Waals surface area contributed by atoms with E-state index in [1.165, 1.54) is 5.56 Å². The number of carbonyl (C=O) groups excluding carboxylic acids is 1. The predicted octanol–water partition coefficient (Wildman–Crippen LogP) is 2.28. The zero-order chi connectivity index (χ0) is 15.5. The smallest absolute Gasteiger partial charge is 0.219 e. The first-order chi connectivity index (χ1) is 10.6. The predicted molar refractivity (Wildman–Crippen MR) is 85.1 cm³/mol. The largest absolute Gasteiger partial charge is 0.343 e. The molecule has 1 aliphatic rings. The number of nitrogens with zero attached hydrogens (tertiary/aromatic N) is 4. The Morgan fingerprint density at radius 1 is 1.27 bits per heavy atom. The van der Waals surface area contributed by atoms with E-state index >= 15 is 0 Å². The van der Waals surface area contributed by atoms with Gasteiger partial charge in [0.05, 0.1) is 11.4 Å². The van der Waals surface area contributed by atoms with Crippen molar-refractivity contribution in [1.29, 1.82) is 0 Å². The van der Waals surface area contributed by atoms with Crippen LogP contribution in [-0.4, -0.2) is 38.7 Å². The van der Waals surface area contributed by atoms with Crippen molar-refractivity contribution in [2.75, 3.05) is 13.1 Å². The summed E-state index contributed by atoms with van der Waals surface area (Å²) in [7, 11) is 1.94. The SMILES string of the molecule is CC(=O)N1CCC(Cc2cccnc2-c2ccnn2C)CC1. The summed E-state index contributed by atoms with van der Waals surface area (Å²) in [6.45, 7) is 3.41. The van der Waals surface area contributed by atoms with E-state index in [2.05, 4.69) is 16.1 Å². The number of hydrogen-bond donors (Lipinski definition) is 0. The molecule has 0 aromatic carbocycles. The van der Waals surface area contributed by atoms with Crippen LogP contribution in [0.4, 0.5) is 0 Å². The van der Waals surface area contributed by atoms with E-state index in [0.29, 0.717) is 5.92 Å². The quantitative estimate of drug-likeness (QED) is 0.873. The molecule has 1 amide bonds. The van der Waals surface area contributed by atoms with Gasteiger partial charge in [-0.15, -0.1) is 0 Å². The van der Waals surface area contributed by atoms with Gasteiger partial charge in [0, 0.05) is 39.5 Å². The second-order valence-electron chi connectivity index (χ2n) is 6.00. The Hall–Kier alpha value is -2.17. The van der Waals surface area contributed by atoms with Gasteiger partial charge in [-0.1, -0.05) is 6.07 Å². The van der Waals surface area contributed by atoms with Gasteiger partial charge in [0.25, 0.3) is 0 Å². The van der Waals surface area contributed by atoms with Crippen LogP contribution >= 0.6 is 0 Å². The van der Waals surface area contributed by atoms with Crippen molar-refractivity contribution < 1.29 is 4.79 Å². The third-order valence-corrected chi connectivity index (χ3v) is 4.52. The minimum Gasteiger partial charge on any atom is -0.343 e. The molecule has 5 heteroatoms. The van der Waals surface area contributed by atoms with Gasteiger partial charge in [0.2, 0.25) is 5.91 Å². The highest BCUT2D eigenvalue weighted by Crippen LogP contribution is 2.27. The third kappa shape index (κ3) is 3.03. The van der Waals surface area contributed by atoms with Crippen LogP contribution in [-0.2, 0) is 18.3 Å². The highest BCUT2D eigenvalue weighted by atomic mass is 16.2.